The zero-order valence-corrected chi connectivity index (χ0v) is 23.1. The van der Waals surface area contributed by atoms with E-state index in [1.54, 1.807) is 12.1 Å². The van der Waals surface area contributed by atoms with Gasteiger partial charge in [0.05, 0.1) is 17.2 Å². The first-order chi connectivity index (χ1) is 19.1. The maximum absolute atomic E-state index is 12.9. The molecule has 1 aliphatic rings. The molecule has 0 amide bonds. The Bertz CT molecular complexity index is 1510. The molecule has 3 aromatic carbocycles. The van der Waals surface area contributed by atoms with Gasteiger partial charge in [-0.25, -0.2) is 4.98 Å². The number of thiazole rings is 1. The van der Waals surface area contributed by atoms with Crippen molar-refractivity contribution in [3.8, 4) is 28.1 Å². The molecule has 0 spiro atoms. The fourth-order valence-electron chi connectivity index (χ4n) is 4.72. The highest BCUT2D eigenvalue weighted by molar-refractivity contribution is 7.14. The Balaban J connectivity index is 1.30. The van der Waals surface area contributed by atoms with Gasteiger partial charge in [0.25, 0.3) is 0 Å². The minimum Gasteiger partial charge on any atom is -0.488 e. The van der Waals surface area contributed by atoms with Crippen molar-refractivity contribution in [2.45, 2.75) is 32.5 Å². The molecule has 1 fully saturated rings. The minimum absolute atomic E-state index is 0.270. The third-order valence-electron chi connectivity index (χ3n) is 7.10. The fraction of sp³-hybridized carbons (Fsp3) is 0.267. The molecule has 1 aliphatic heterocycles. The SMILES string of the molecule is Cc1cc(-c2ccc(C(F)(F)F)cc2)ccc1COc1cc(Cl)ccc1-c1csc(N2CCC(C(=O)O)CC2)n1. The lowest BCUT2D eigenvalue weighted by molar-refractivity contribution is -0.142. The number of anilines is 1. The van der Waals surface area contributed by atoms with Gasteiger partial charge in [0.1, 0.15) is 12.4 Å². The predicted octanol–water partition coefficient (Wildman–Crippen LogP) is 8.34. The molecule has 0 saturated carbocycles. The second-order valence-electron chi connectivity index (χ2n) is 9.76. The summed E-state index contributed by atoms with van der Waals surface area (Å²) in [5.74, 6) is -0.466. The number of carboxylic acid groups (broad SMARTS) is 1. The summed E-state index contributed by atoms with van der Waals surface area (Å²) < 4.78 is 44.9. The van der Waals surface area contributed by atoms with Gasteiger partial charge >= 0.3 is 12.1 Å². The van der Waals surface area contributed by atoms with E-state index in [0.29, 0.717) is 42.3 Å². The zero-order valence-electron chi connectivity index (χ0n) is 21.5. The van der Waals surface area contributed by atoms with Crippen molar-refractivity contribution in [1.82, 2.24) is 4.98 Å². The van der Waals surface area contributed by atoms with Crippen LogP contribution in [-0.4, -0.2) is 29.1 Å². The van der Waals surface area contributed by atoms with Gasteiger partial charge in [-0.2, -0.15) is 13.2 Å². The molecule has 40 heavy (non-hydrogen) atoms. The highest BCUT2D eigenvalue weighted by Gasteiger charge is 2.30. The van der Waals surface area contributed by atoms with Crippen LogP contribution in [0.4, 0.5) is 18.3 Å². The van der Waals surface area contributed by atoms with Crippen LogP contribution < -0.4 is 9.64 Å². The van der Waals surface area contributed by atoms with Crippen molar-refractivity contribution in [1.29, 1.82) is 0 Å². The number of hydrogen-bond donors (Lipinski definition) is 1. The van der Waals surface area contributed by atoms with Crippen LogP contribution in [0.15, 0.2) is 66.0 Å². The average molecular weight is 587 g/mol. The molecular formula is C30H26ClF3N2O3S. The molecule has 1 N–H and O–H groups in total. The molecule has 5 nitrogen and oxygen atoms in total. The van der Waals surface area contributed by atoms with Crippen LogP contribution in [0.3, 0.4) is 0 Å². The summed E-state index contributed by atoms with van der Waals surface area (Å²) >= 11 is 7.80. The molecule has 0 atom stereocenters. The van der Waals surface area contributed by atoms with Crippen molar-refractivity contribution in [3.63, 3.8) is 0 Å². The summed E-state index contributed by atoms with van der Waals surface area (Å²) in [6.45, 7) is 3.50. The second kappa shape index (κ2) is 11.5. The van der Waals surface area contributed by atoms with Gasteiger partial charge in [0.15, 0.2) is 5.13 Å². The second-order valence-corrected chi connectivity index (χ2v) is 11.0. The zero-order chi connectivity index (χ0) is 28.4. The summed E-state index contributed by atoms with van der Waals surface area (Å²) in [6.07, 6.45) is -3.18. The highest BCUT2D eigenvalue weighted by atomic mass is 35.5. The predicted molar refractivity (Wildman–Crippen MR) is 151 cm³/mol. The van der Waals surface area contributed by atoms with Gasteiger partial charge in [-0.3, -0.25) is 4.79 Å². The lowest BCUT2D eigenvalue weighted by atomic mass is 9.97. The number of rotatable bonds is 7. The van der Waals surface area contributed by atoms with E-state index in [9.17, 15) is 23.1 Å². The van der Waals surface area contributed by atoms with E-state index in [-0.39, 0.29) is 12.5 Å². The van der Waals surface area contributed by atoms with Gasteiger partial charge in [0.2, 0.25) is 0 Å². The smallest absolute Gasteiger partial charge is 0.416 e. The number of alkyl halides is 3. The molecule has 208 valence electrons. The Hall–Kier alpha value is -3.56. The van der Waals surface area contributed by atoms with E-state index < -0.39 is 17.7 Å². The van der Waals surface area contributed by atoms with Crippen molar-refractivity contribution in [2.75, 3.05) is 18.0 Å². The van der Waals surface area contributed by atoms with Gasteiger partial charge in [-0.05, 0) is 72.4 Å². The molecule has 0 aliphatic carbocycles. The van der Waals surface area contributed by atoms with E-state index in [0.717, 1.165) is 45.2 Å². The number of halogens is 4. The molecule has 1 saturated heterocycles. The van der Waals surface area contributed by atoms with Crippen molar-refractivity contribution < 1.29 is 27.8 Å². The number of aliphatic carboxylic acids is 1. The fourth-order valence-corrected chi connectivity index (χ4v) is 5.76. The topological polar surface area (TPSA) is 62.7 Å². The molecule has 10 heteroatoms. The van der Waals surface area contributed by atoms with E-state index in [1.807, 2.05) is 36.6 Å². The molecule has 5 rings (SSSR count). The summed E-state index contributed by atoms with van der Waals surface area (Å²) in [5.41, 5.74) is 4.27. The largest absolute Gasteiger partial charge is 0.488 e. The Morgan fingerprint density at radius 1 is 1.07 bits per heavy atom. The summed E-state index contributed by atoms with van der Waals surface area (Å²) in [7, 11) is 0. The van der Waals surface area contributed by atoms with Crippen LogP contribution in [0.2, 0.25) is 5.02 Å². The van der Waals surface area contributed by atoms with Gasteiger partial charge in [-0.15, -0.1) is 11.3 Å². The molecule has 0 bridgehead atoms. The van der Waals surface area contributed by atoms with Crippen LogP contribution in [0.25, 0.3) is 22.4 Å². The number of nitrogens with zero attached hydrogens (tertiary/aromatic N) is 2. The number of carboxylic acids is 1. The van der Waals surface area contributed by atoms with Crippen molar-refractivity contribution in [3.05, 3.63) is 87.8 Å². The maximum Gasteiger partial charge on any atom is 0.416 e. The maximum atomic E-state index is 12.9. The number of aromatic nitrogens is 1. The van der Waals surface area contributed by atoms with E-state index >= 15 is 0 Å². The van der Waals surface area contributed by atoms with E-state index in [1.165, 1.54) is 23.5 Å². The number of aryl methyl sites for hydroxylation is 1. The summed E-state index contributed by atoms with van der Waals surface area (Å²) in [6, 6.07) is 16.2. The first kappa shape index (κ1) is 28.0. The standard InChI is InChI=1S/C30H26ClF3N2O3S/c1-18-14-21(19-4-6-23(7-5-19)30(32,33)34)2-3-22(18)16-39-27-15-24(31)8-9-25(27)26-17-40-29(35-26)36-12-10-20(11-13-36)28(37)38/h2-9,14-15,17,20H,10-13,16H2,1H3,(H,37,38). The van der Waals surface area contributed by atoms with Crippen LogP contribution in [0.5, 0.6) is 5.75 Å². The Morgan fingerprint density at radius 3 is 2.42 bits per heavy atom. The highest BCUT2D eigenvalue weighted by Crippen LogP contribution is 2.37. The third-order valence-corrected chi connectivity index (χ3v) is 8.23. The first-order valence-electron chi connectivity index (χ1n) is 12.7. The normalized spacial score (nSPS) is 14.4. The first-order valence-corrected chi connectivity index (χ1v) is 14.0. The molecule has 0 unspecified atom stereocenters. The Morgan fingerprint density at radius 2 is 1.77 bits per heavy atom. The number of piperidine rings is 1. The van der Waals surface area contributed by atoms with Gasteiger partial charge < -0.3 is 14.7 Å². The molecule has 1 aromatic heterocycles. The van der Waals surface area contributed by atoms with Crippen molar-refractivity contribution in [2.24, 2.45) is 5.92 Å². The minimum atomic E-state index is -4.37. The molecular weight excluding hydrogens is 561 g/mol. The lowest BCUT2D eigenvalue weighted by Crippen LogP contribution is -2.36. The van der Waals surface area contributed by atoms with Crippen molar-refractivity contribution >= 4 is 34.0 Å². The van der Waals surface area contributed by atoms with Crippen LogP contribution in [-0.2, 0) is 17.6 Å². The van der Waals surface area contributed by atoms with Gasteiger partial charge in [0, 0.05) is 29.1 Å². The number of hydrogen-bond acceptors (Lipinski definition) is 5. The summed E-state index contributed by atoms with van der Waals surface area (Å²) in [4.78, 5) is 18.2. The third kappa shape index (κ3) is 6.26. The Labute approximate surface area is 238 Å². The van der Waals surface area contributed by atoms with E-state index in [2.05, 4.69) is 4.90 Å². The van der Waals surface area contributed by atoms with Crippen LogP contribution in [0, 0.1) is 12.8 Å². The average Bonchev–Trinajstić information content (AvgIpc) is 3.42. The summed E-state index contributed by atoms with van der Waals surface area (Å²) in [5, 5.41) is 12.6. The number of carbonyl (C=O) groups is 1. The molecule has 2 heterocycles. The van der Waals surface area contributed by atoms with Crippen LogP contribution >= 0.6 is 22.9 Å². The molecule has 4 aromatic rings. The van der Waals surface area contributed by atoms with Crippen LogP contribution in [0.1, 0.15) is 29.5 Å². The lowest BCUT2D eigenvalue weighted by Gasteiger charge is -2.29. The van der Waals surface area contributed by atoms with E-state index in [4.69, 9.17) is 21.3 Å². The number of ether oxygens (including phenoxy) is 1. The Kier molecular flexibility index (Phi) is 8.05. The van der Waals surface area contributed by atoms with Gasteiger partial charge in [-0.1, -0.05) is 41.9 Å². The molecule has 0 radical (unpaired) electrons. The number of benzene rings is 3. The quantitative estimate of drug-likeness (QED) is 0.236. The monoisotopic (exact) mass is 586 g/mol.